The molecule has 0 bridgehead atoms. The molecule has 0 spiro atoms. The summed E-state index contributed by atoms with van der Waals surface area (Å²) in [4.78, 5) is 0. The van der Waals surface area contributed by atoms with Crippen molar-refractivity contribution in [3.63, 3.8) is 0 Å². The highest BCUT2D eigenvalue weighted by molar-refractivity contribution is 6.37. The number of benzene rings is 3. The summed E-state index contributed by atoms with van der Waals surface area (Å²) in [6.07, 6.45) is 0. The van der Waals surface area contributed by atoms with Crippen molar-refractivity contribution in [2.24, 2.45) is 0 Å². The Morgan fingerprint density at radius 2 is 1.32 bits per heavy atom. The van der Waals surface area contributed by atoms with Crippen LogP contribution in [0, 0.1) is 0 Å². The summed E-state index contributed by atoms with van der Waals surface area (Å²) in [7, 11) is 3.02. The first-order valence-electron chi connectivity index (χ1n) is 8.27. The lowest BCUT2D eigenvalue weighted by atomic mass is 10.2. The van der Waals surface area contributed by atoms with Gasteiger partial charge in [-0.3, -0.25) is 0 Å². The van der Waals surface area contributed by atoms with Gasteiger partial charge in [-0.05, 0) is 5.56 Å². The van der Waals surface area contributed by atoms with Gasteiger partial charge >= 0.3 is 0 Å². The van der Waals surface area contributed by atoms with Crippen LogP contribution >= 0.6 is 34.8 Å². The molecule has 0 unspecified atom stereocenters. The van der Waals surface area contributed by atoms with E-state index in [0.29, 0.717) is 34.6 Å². The minimum Gasteiger partial charge on any atom is -0.497 e. The number of rotatable bonds is 7. The SMILES string of the molecule is COc1cc(Cl)c(OC)c(Oc2c(Cl)cc(OCc3ccccc3)cc2Cl)c1. The average Bonchev–Trinajstić information content (AvgIpc) is 2.69. The summed E-state index contributed by atoms with van der Waals surface area (Å²) in [5.74, 6) is 1.98. The van der Waals surface area contributed by atoms with Crippen molar-refractivity contribution in [2.75, 3.05) is 14.2 Å². The van der Waals surface area contributed by atoms with E-state index in [9.17, 15) is 0 Å². The van der Waals surface area contributed by atoms with Crippen LogP contribution in [0.15, 0.2) is 54.6 Å². The van der Waals surface area contributed by atoms with E-state index in [1.165, 1.54) is 14.2 Å². The van der Waals surface area contributed by atoms with Gasteiger partial charge in [-0.25, -0.2) is 0 Å². The quantitative estimate of drug-likeness (QED) is 0.396. The summed E-state index contributed by atoms with van der Waals surface area (Å²) in [6, 6.07) is 16.3. The van der Waals surface area contributed by atoms with Crippen molar-refractivity contribution < 1.29 is 18.9 Å². The third-order valence-corrected chi connectivity index (χ3v) is 4.70. The molecule has 0 N–H and O–H groups in total. The lowest BCUT2D eigenvalue weighted by molar-refractivity contribution is 0.305. The van der Waals surface area contributed by atoms with Crippen LogP contribution in [-0.4, -0.2) is 14.2 Å². The van der Waals surface area contributed by atoms with Crippen molar-refractivity contribution in [1.82, 2.24) is 0 Å². The number of hydrogen-bond acceptors (Lipinski definition) is 4. The van der Waals surface area contributed by atoms with Crippen LogP contribution in [0.2, 0.25) is 15.1 Å². The van der Waals surface area contributed by atoms with Gasteiger partial charge in [0.1, 0.15) is 18.1 Å². The Morgan fingerprint density at radius 1 is 0.714 bits per heavy atom. The molecule has 0 heterocycles. The molecule has 0 aromatic heterocycles. The summed E-state index contributed by atoms with van der Waals surface area (Å²) in [5, 5.41) is 0.917. The summed E-state index contributed by atoms with van der Waals surface area (Å²) in [6.45, 7) is 0.396. The van der Waals surface area contributed by atoms with Gasteiger partial charge in [0.2, 0.25) is 0 Å². The maximum atomic E-state index is 6.38. The first kappa shape index (κ1) is 20.5. The van der Waals surface area contributed by atoms with Gasteiger partial charge in [-0.1, -0.05) is 65.1 Å². The van der Waals surface area contributed by atoms with Crippen LogP contribution in [0.4, 0.5) is 0 Å². The summed E-state index contributed by atoms with van der Waals surface area (Å²) in [5.41, 5.74) is 1.03. The molecule has 0 aliphatic heterocycles. The van der Waals surface area contributed by atoms with E-state index in [0.717, 1.165) is 5.56 Å². The van der Waals surface area contributed by atoms with Crippen LogP contribution in [0.5, 0.6) is 28.7 Å². The molecule has 28 heavy (non-hydrogen) atoms. The third-order valence-electron chi connectivity index (χ3n) is 3.86. The number of methoxy groups -OCH3 is 2. The number of hydrogen-bond donors (Lipinski definition) is 0. The van der Waals surface area contributed by atoms with Crippen LogP contribution in [0.25, 0.3) is 0 Å². The van der Waals surface area contributed by atoms with Crippen molar-refractivity contribution in [3.8, 4) is 28.7 Å². The molecule has 0 atom stereocenters. The minimum atomic E-state index is 0.262. The molecule has 0 saturated heterocycles. The fourth-order valence-corrected chi connectivity index (χ4v) is 3.33. The Labute approximate surface area is 178 Å². The topological polar surface area (TPSA) is 36.9 Å². The van der Waals surface area contributed by atoms with Crippen LogP contribution in [-0.2, 0) is 6.61 Å². The summed E-state index contributed by atoms with van der Waals surface area (Å²) >= 11 is 19.0. The van der Waals surface area contributed by atoms with E-state index in [1.54, 1.807) is 24.3 Å². The second kappa shape index (κ2) is 9.28. The first-order valence-corrected chi connectivity index (χ1v) is 9.40. The van der Waals surface area contributed by atoms with Crippen LogP contribution < -0.4 is 18.9 Å². The van der Waals surface area contributed by atoms with E-state index in [2.05, 4.69) is 0 Å². The van der Waals surface area contributed by atoms with Crippen molar-refractivity contribution in [1.29, 1.82) is 0 Å². The zero-order valence-corrected chi connectivity index (χ0v) is 17.4. The lowest BCUT2D eigenvalue weighted by Crippen LogP contribution is -1.97. The number of halogens is 3. The molecule has 7 heteroatoms. The Balaban J connectivity index is 1.85. The maximum absolute atomic E-state index is 6.38. The standard InChI is InChI=1S/C21H17Cl3O4/c1-25-14-8-18(24)21(26-2)19(11-14)28-20-16(22)9-15(10-17(20)23)27-12-13-6-4-3-5-7-13/h3-11H,12H2,1-2H3. The Bertz CT molecular complexity index is 938. The minimum absolute atomic E-state index is 0.262. The second-order valence-electron chi connectivity index (χ2n) is 5.73. The maximum Gasteiger partial charge on any atom is 0.180 e. The van der Waals surface area contributed by atoms with Gasteiger partial charge in [-0.2, -0.15) is 0 Å². The van der Waals surface area contributed by atoms with Crippen molar-refractivity contribution >= 4 is 34.8 Å². The van der Waals surface area contributed by atoms with Gasteiger partial charge in [0, 0.05) is 24.3 Å². The average molecular weight is 440 g/mol. The molecule has 0 radical (unpaired) electrons. The monoisotopic (exact) mass is 438 g/mol. The van der Waals surface area contributed by atoms with E-state index in [1.807, 2.05) is 30.3 Å². The van der Waals surface area contributed by atoms with Gasteiger partial charge in [0.25, 0.3) is 0 Å². The first-order chi connectivity index (χ1) is 13.5. The molecular weight excluding hydrogens is 423 g/mol. The van der Waals surface area contributed by atoms with Crippen LogP contribution in [0.3, 0.4) is 0 Å². The molecule has 0 aliphatic rings. The normalized spacial score (nSPS) is 10.5. The Kier molecular flexibility index (Phi) is 6.79. The fourth-order valence-electron chi connectivity index (χ4n) is 2.50. The van der Waals surface area contributed by atoms with E-state index >= 15 is 0 Å². The molecule has 3 rings (SSSR count). The van der Waals surface area contributed by atoms with Crippen molar-refractivity contribution in [3.05, 3.63) is 75.2 Å². The highest BCUT2D eigenvalue weighted by Gasteiger charge is 2.17. The fraction of sp³-hybridized carbons (Fsp3) is 0.143. The van der Waals surface area contributed by atoms with Crippen molar-refractivity contribution in [2.45, 2.75) is 6.61 Å². The molecule has 4 nitrogen and oxygen atoms in total. The Morgan fingerprint density at radius 3 is 1.93 bits per heavy atom. The van der Waals surface area contributed by atoms with E-state index in [4.69, 9.17) is 53.8 Å². The zero-order chi connectivity index (χ0) is 20.1. The predicted molar refractivity (Wildman–Crippen MR) is 112 cm³/mol. The molecular formula is C21H17Cl3O4. The smallest absolute Gasteiger partial charge is 0.180 e. The largest absolute Gasteiger partial charge is 0.497 e. The third kappa shape index (κ3) is 4.76. The summed E-state index contributed by atoms with van der Waals surface area (Å²) < 4.78 is 22.2. The van der Waals surface area contributed by atoms with Gasteiger partial charge in [-0.15, -0.1) is 0 Å². The zero-order valence-electron chi connectivity index (χ0n) is 15.2. The van der Waals surface area contributed by atoms with Gasteiger partial charge in [0.15, 0.2) is 17.2 Å². The predicted octanol–water partition coefficient (Wildman–Crippen LogP) is 7.04. The molecule has 146 valence electrons. The second-order valence-corrected chi connectivity index (χ2v) is 6.95. The van der Waals surface area contributed by atoms with Gasteiger partial charge in [0.05, 0.1) is 29.3 Å². The van der Waals surface area contributed by atoms with E-state index < -0.39 is 0 Å². The highest BCUT2D eigenvalue weighted by Crippen LogP contribution is 2.45. The molecule has 3 aromatic rings. The Hall–Kier alpha value is -2.27. The van der Waals surface area contributed by atoms with Crippen LogP contribution in [0.1, 0.15) is 5.56 Å². The molecule has 3 aromatic carbocycles. The molecule has 0 aliphatic carbocycles. The highest BCUT2D eigenvalue weighted by atomic mass is 35.5. The molecule has 0 saturated carbocycles. The molecule has 0 fully saturated rings. The van der Waals surface area contributed by atoms with E-state index in [-0.39, 0.29) is 15.8 Å². The molecule has 0 amide bonds. The number of ether oxygens (including phenoxy) is 4. The van der Waals surface area contributed by atoms with Gasteiger partial charge < -0.3 is 18.9 Å². The lowest BCUT2D eigenvalue weighted by Gasteiger charge is -2.16.